The van der Waals surface area contributed by atoms with E-state index in [4.69, 9.17) is 0 Å². The van der Waals surface area contributed by atoms with E-state index in [1.807, 2.05) is 5.38 Å². The zero-order valence-corrected chi connectivity index (χ0v) is 13.3. The number of nitrogens with zero attached hydrogens (tertiary/aromatic N) is 2. The molecule has 0 amide bonds. The predicted molar refractivity (Wildman–Crippen MR) is 81.0 cm³/mol. The molecule has 8 heteroatoms. The van der Waals surface area contributed by atoms with Crippen molar-refractivity contribution in [3.8, 4) is 0 Å². The Hall–Kier alpha value is -0.540. The molecule has 114 valence electrons. The summed E-state index contributed by atoms with van der Waals surface area (Å²) >= 11 is 1.52. The lowest BCUT2D eigenvalue weighted by Crippen LogP contribution is -2.40. The lowest BCUT2D eigenvalue weighted by molar-refractivity contribution is 0.444. The molecule has 20 heavy (non-hydrogen) atoms. The molecule has 1 aliphatic carbocycles. The molecule has 2 N–H and O–H groups in total. The van der Waals surface area contributed by atoms with E-state index >= 15 is 0 Å². The van der Waals surface area contributed by atoms with E-state index < -0.39 is 10.2 Å². The van der Waals surface area contributed by atoms with Gasteiger partial charge in [-0.1, -0.05) is 0 Å². The van der Waals surface area contributed by atoms with Gasteiger partial charge in [-0.3, -0.25) is 0 Å². The van der Waals surface area contributed by atoms with Crippen LogP contribution >= 0.6 is 11.3 Å². The highest BCUT2D eigenvalue weighted by Gasteiger charge is 2.20. The van der Waals surface area contributed by atoms with Gasteiger partial charge in [0.1, 0.15) is 0 Å². The summed E-state index contributed by atoms with van der Waals surface area (Å²) in [6, 6.07) is 0.674. The van der Waals surface area contributed by atoms with Crippen molar-refractivity contribution in [2.45, 2.75) is 31.7 Å². The first-order valence-corrected chi connectivity index (χ1v) is 9.27. The summed E-state index contributed by atoms with van der Waals surface area (Å²) in [7, 11) is -1.75. The Morgan fingerprint density at radius 3 is 2.90 bits per heavy atom. The normalized spacial score (nSPS) is 15.9. The van der Waals surface area contributed by atoms with Gasteiger partial charge in [-0.15, -0.1) is 11.3 Å². The molecule has 0 unspecified atom stereocenters. The Labute approximate surface area is 124 Å². The molecule has 0 saturated heterocycles. The maximum Gasteiger partial charge on any atom is 0.279 e. The first kappa shape index (κ1) is 15.8. The summed E-state index contributed by atoms with van der Waals surface area (Å²) in [4.78, 5) is 4.13. The molecule has 1 aromatic rings. The summed E-state index contributed by atoms with van der Waals surface area (Å²) in [5.74, 6) is 0. The van der Waals surface area contributed by atoms with Crippen molar-refractivity contribution in [1.82, 2.24) is 19.3 Å². The van der Waals surface area contributed by atoms with Crippen LogP contribution in [-0.4, -0.2) is 50.4 Å². The van der Waals surface area contributed by atoms with Gasteiger partial charge in [0.15, 0.2) is 0 Å². The van der Waals surface area contributed by atoms with E-state index in [0.717, 1.165) is 18.7 Å². The zero-order valence-electron chi connectivity index (χ0n) is 11.7. The monoisotopic (exact) mass is 318 g/mol. The minimum absolute atomic E-state index is 0.386. The van der Waals surface area contributed by atoms with Crippen LogP contribution in [0, 0.1) is 0 Å². The fourth-order valence-electron chi connectivity index (χ4n) is 1.79. The first-order chi connectivity index (χ1) is 9.58. The third kappa shape index (κ3) is 5.45. The standard InChI is InChI=1S/C12H22N4O2S2/c1-16(8-2-6-13-11-3-4-11)20(17,18)15-7-5-12-9-19-10-14-12/h9-11,13,15H,2-8H2,1H3. The summed E-state index contributed by atoms with van der Waals surface area (Å²) in [6.07, 6.45) is 3.97. The number of hydrogen-bond donors (Lipinski definition) is 2. The number of thiazole rings is 1. The summed E-state index contributed by atoms with van der Waals surface area (Å²) in [5.41, 5.74) is 2.68. The Morgan fingerprint density at radius 2 is 2.25 bits per heavy atom. The Kier molecular flexibility index (Phi) is 5.91. The average Bonchev–Trinajstić information content (AvgIpc) is 3.09. The average molecular weight is 318 g/mol. The second-order valence-electron chi connectivity index (χ2n) is 5.03. The van der Waals surface area contributed by atoms with E-state index in [-0.39, 0.29) is 0 Å². The summed E-state index contributed by atoms with van der Waals surface area (Å²) < 4.78 is 27.9. The van der Waals surface area contributed by atoms with Crippen LogP contribution in [0.4, 0.5) is 0 Å². The number of rotatable bonds is 10. The molecule has 1 aromatic heterocycles. The van der Waals surface area contributed by atoms with Crippen LogP contribution in [0.15, 0.2) is 10.9 Å². The quantitative estimate of drug-likeness (QED) is 0.619. The highest BCUT2D eigenvalue weighted by Crippen LogP contribution is 2.18. The van der Waals surface area contributed by atoms with Crippen LogP contribution in [0.5, 0.6) is 0 Å². The van der Waals surface area contributed by atoms with E-state index in [9.17, 15) is 8.42 Å². The van der Waals surface area contributed by atoms with Crippen LogP contribution in [0.25, 0.3) is 0 Å². The second-order valence-corrected chi connectivity index (χ2v) is 7.61. The van der Waals surface area contributed by atoms with Crippen molar-refractivity contribution < 1.29 is 8.42 Å². The van der Waals surface area contributed by atoms with Crippen molar-refractivity contribution >= 4 is 21.5 Å². The van der Waals surface area contributed by atoms with Crippen molar-refractivity contribution in [2.24, 2.45) is 0 Å². The van der Waals surface area contributed by atoms with Gasteiger partial charge in [0, 0.05) is 38.0 Å². The number of hydrogen-bond acceptors (Lipinski definition) is 5. The van der Waals surface area contributed by atoms with Gasteiger partial charge in [0.2, 0.25) is 0 Å². The number of aromatic nitrogens is 1. The SMILES string of the molecule is CN(CCCNC1CC1)S(=O)(=O)NCCc1cscn1. The van der Waals surface area contributed by atoms with Gasteiger partial charge >= 0.3 is 0 Å². The van der Waals surface area contributed by atoms with Crippen molar-refractivity contribution in [3.05, 3.63) is 16.6 Å². The van der Waals surface area contributed by atoms with Crippen LogP contribution in [-0.2, 0) is 16.6 Å². The van der Waals surface area contributed by atoms with E-state index in [1.165, 1.54) is 28.5 Å². The smallest absolute Gasteiger partial charge is 0.279 e. The second kappa shape index (κ2) is 7.46. The lowest BCUT2D eigenvalue weighted by atomic mass is 10.3. The molecule has 0 aliphatic heterocycles. The fraction of sp³-hybridized carbons (Fsp3) is 0.750. The van der Waals surface area contributed by atoms with Crippen LogP contribution < -0.4 is 10.0 Å². The van der Waals surface area contributed by atoms with Gasteiger partial charge in [-0.05, 0) is 25.8 Å². The molecule has 0 spiro atoms. The van der Waals surface area contributed by atoms with Crippen LogP contribution in [0.3, 0.4) is 0 Å². The van der Waals surface area contributed by atoms with Crippen molar-refractivity contribution in [1.29, 1.82) is 0 Å². The maximum absolute atomic E-state index is 12.0. The largest absolute Gasteiger partial charge is 0.314 e. The highest BCUT2D eigenvalue weighted by molar-refractivity contribution is 7.87. The van der Waals surface area contributed by atoms with Gasteiger partial charge in [0.25, 0.3) is 10.2 Å². The summed E-state index contributed by atoms with van der Waals surface area (Å²) in [5, 5.41) is 5.31. The molecule has 1 saturated carbocycles. The Bertz CT molecular complexity index is 486. The molecule has 2 rings (SSSR count). The van der Waals surface area contributed by atoms with Crippen molar-refractivity contribution in [2.75, 3.05) is 26.7 Å². The van der Waals surface area contributed by atoms with Gasteiger partial charge in [-0.25, -0.2) is 9.71 Å². The predicted octanol–water partition coefficient (Wildman–Crippen LogP) is 0.594. The maximum atomic E-state index is 12.0. The molecule has 0 bridgehead atoms. The van der Waals surface area contributed by atoms with Crippen LogP contribution in [0.1, 0.15) is 25.0 Å². The molecule has 1 fully saturated rings. The lowest BCUT2D eigenvalue weighted by Gasteiger charge is -2.17. The van der Waals surface area contributed by atoms with E-state index in [0.29, 0.717) is 25.6 Å². The number of nitrogens with one attached hydrogen (secondary N) is 2. The molecule has 1 heterocycles. The third-order valence-electron chi connectivity index (χ3n) is 3.22. The van der Waals surface area contributed by atoms with Gasteiger partial charge < -0.3 is 5.32 Å². The first-order valence-electron chi connectivity index (χ1n) is 6.89. The van der Waals surface area contributed by atoms with E-state index in [2.05, 4.69) is 15.0 Å². The fourth-order valence-corrected chi connectivity index (χ4v) is 3.34. The minimum atomic E-state index is -3.37. The van der Waals surface area contributed by atoms with Crippen LogP contribution in [0.2, 0.25) is 0 Å². The summed E-state index contributed by atoms with van der Waals surface area (Å²) in [6.45, 7) is 1.80. The Balaban J connectivity index is 1.62. The minimum Gasteiger partial charge on any atom is -0.314 e. The molecule has 1 aliphatic rings. The highest BCUT2D eigenvalue weighted by atomic mass is 32.2. The molecule has 6 nitrogen and oxygen atoms in total. The molecule has 0 atom stereocenters. The van der Waals surface area contributed by atoms with E-state index in [1.54, 1.807) is 12.6 Å². The topological polar surface area (TPSA) is 74.3 Å². The third-order valence-corrected chi connectivity index (χ3v) is 5.43. The van der Waals surface area contributed by atoms with Gasteiger partial charge in [0.05, 0.1) is 11.2 Å². The van der Waals surface area contributed by atoms with Gasteiger partial charge in [-0.2, -0.15) is 12.7 Å². The molecule has 0 aromatic carbocycles. The molecular formula is C12H22N4O2S2. The Morgan fingerprint density at radius 1 is 1.45 bits per heavy atom. The molecule has 0 radical (unpaired) electrons. The van der Waals surface area contributed by atoms with Crippen molar-refractivity contribution in [3.63, 3.8) is 0 Å². The molecular weight excluding hydrogens is 296 g/mol. The zero-order chi connectivity index (χ0) is 14.4.